The minimum absolute atomic E-state index is 0.278. The monoisotopic (exact) mass is 443 g/mol. The summed E-state index contributed by atoms with van der Waals surface area (Å²) in [4.78, 5) is 9.19. The molecule has 1 aliphatic heterocycles. The van der Waals surface area contributed by atoms with E-state index >= 15 is 0 Å². The number of hydrogen-bond donors (Lipinski definition) is 2. The third kappa shape index (κ3) is 7.51. The molecule has 1 saturated heterocycles. The number of ether oxygens (including phenoxy) is 2. The predicted octanol–water partition coefficient (Wildman–Crippen LogP) is 3.60. The normalized spacial score (nSPS) is 16.5. The summed E-state index contributed by atoms with van der Waals surface area (Å²) >= 11 is 0. The van der Waals surface area contributed by atoms with E-state index in [0.29, 0.717) is 25.0 Å². The van der Waals surface area contributed by atoms with Crippen molar-refractivity contribution in [2.45, 2.75) is 59.4 Å². The van der Waals surface area contributed by atoms with Gasteiger partial charge in [0.05, 0.1) is 19.8 Å². The Labute approximate surface area is 191 Å². The van der Waals surface area contributed by atoms with E-state index in [9.17, 15) is 0 Å². The number of nitrogens with zero attached hydrogens (tertiary/aromatic N) is 3. The Balaban J connectivity index is 1.52. The summed E-state index contributed by atoms with van der Waals surface area (Å²) in [5.74, 6) is 3.90. The number of benzene rings is 1. The quantitative estimate of drug-likeness (QED) is 0.311. The second kappa shape index (κ2) is 12.4. The van der Waals surface area contributed by atoms with Gasteiger partial charge in [0.1, 0.15) is 5.75 Å². The molecule has 1 aliphatic rings. The zero-order valence-corrected chi connectivity index (χ0v) is 19.8. The van der Waals surface area contributed by atoms with Gasteiger partial charge >= 0.3 is 0 Å². The van der Waals surface area contributed by atoms with Crippen molar-refractivity contribution in [1.29, 1.82) is 0 Å². The molecule has 0 radical (unpaired) electrons. The lowest BCUT2D eigenvalue weighted by Gasteiger charge is -2.15. The van der Waals surface area contributed by atoms with Crippen molar-refractivity contribution in [2.24, 2.45) is 10.9 Å². The van der Waals surface area contributed by atoms with Gasteiger partial charge in [0.15, 0.2) is 11.8 Å². The Kier molecular flexibility index (Phi) is 9.34. The standard InChI is InChI=1S/C24H37N5O3/c1-5-25-24(26-11-6-7-22-28-23(17(2)3)29-32-22)27-14-20-9-8-18(4)13-21(20)31-16-19-10-12-30-15-19/h8-9,13,17,19H,5-7,10-12,14-16H2,1-4H3,(H2,25,26,27). The van der Waals surface area contributed by atoms with Gasteiger partial charge in [-0.05, 0) is 38.3 Å². The van der Waals surface area contributed by atoms with Crippen LogP contribution in [0.1, 0.15) is 62.4 Å². The summed E-state index contributed by atoms with van der Waals surface area (Å²) in [5, 5.41) is 10.7. The fraction of sp³-hybridized carbons (Fsp3) is 0.625. The first-order chi connectivity index (χ1) is 15.5. The van der Waals surface area contributed by atoms with Crippen molar-refractivity contribution in [1.82, 2.24) is 20.8 Å². The van der Waals surface area contributed by atoms with Crippen LogP contribution in [0.5, 0.6) is 5.75 Å². The number of hydrogen-bond acceptors (Lipinski definition) is 6. The maximum absolute atomic E-state index is 6.15. The minimum Gasteiger partial charge on any atom is -0.493 e. The van der Waals surface area contributed by atoms with Crippen LogP contribution in [0.2, 0.25) is 0 Å². The van der Waals surface area contributed by atoms with Crippen molar-refractivity contribution < 1.29 is 14.0 Å². The van der Waals surface area contributed by atoms with Gasteiger partial charge < -0.3 is 24.6 Å². The van der Waals surface area contributed by atoms with Crippen LogP contribution >= 0.6 is 0 Å². The molecule has 0 aliphatic carbocycles. The van der Waals surface area contributed by atoms with Crippen LogP contribution in [0.3, 0.4) is 0 Å². The maximum atomic E-state index is 6.15. The number of rotatable bonds is 11. The Bertz CT molecular complexity index is 859. The van der Waals surface area contributed by atoms with E-state index in [1.54, 1.807) is 0 Å². The van der Waals surface area contributed by atoms with Gasteiger partial charge in [-0.25, -0.2) is 4.99 Å². The van der Waals surface area contributed by atoms with Gasteiger partial charge in [0.2, 0.25) is 5.89 Å². The molecule has 3 rings (SSSR count). The molecule has 176 valence electrons. The molecule has 2 heterocycles. The summed E-state index contributed by atoms with van der Waals surface area (Å²) in [6.07, 6.45) is 2.69. The van der Waals surface area contributed by atoms with Gasteiger partial charge in [-0.3, -0.25) is 0 Å². The summed E-state index contributed by atoms with van der Waals surface area (Å²) in [6.45, 7) is 12.7. The van der Waals surface area contributed by atoms with Gasteiger partial charge in [-0.2, -0.15) is 4.98 Å². The van der Waals surface area contributed by atoms with E-state index in [0.717, 1.165) is 68.7 Å². The SMILES string of the molecule is CCNC(=NCc1ccc(C)cc1OCC1CCOC1)NCCCc1nc(C(C)C)no1. The minimum atomic E-state index is 0.278. The lowest BCUT2D eigenvalue weighted by Crippen LogP contribution is -2.37. The molecular formula is C24H37N5O3. The van der Waals surface area contributed by atoms with Crippen molar-refractivity contribution in [3.8, 4) is 5.75 Å². The highest BCUT2D eigenvalue weighted by Crippen LogP contribution is 2.23. The second-order valence-electron chi connectivity index (χ2n) is 8.58. The van der Waals surface area contributed by atoms with E-state index < -0.39 is 0 Å². The van der Waals surface area contributed by atoms with Crippen LogP contribution in [-0.2, 0) is 17.7 Å². The zero-order valence-electron chi connectivity index (χ0n) is 19.8. The molecule has 1 atom stereocenters. The number of nitrogens with one attached hydrogen (secondary N) is 2. The third-order valence-corrected chi connectivity index (χ3v) is 5.33. The number of aliphatic imine (C=N–C) groups is 1. The van der Waals surface area contributed by atoms with Crippen molar-refractivity contribution in [2.75, 3.05) is 32.9 Å². The van der Waals surface area contributed by atoms with E-state index in [1.165, 1.54) is 5.56 Å². The molecule has 1 aromatic carbocycles. The molecule has 1 fully saturated rings. The van der Waals surface area contributed by atoms with Crippen LogP contribution in [0, 0.1) is 12.8 Å². The van der Waals surface area contributed by atoms with E-state index in [2.05, 4.69) is 66.7 Å². The Morgan fingerprint density at radius 3 is 2.91 bits per heavy atom. The molecule has 8 heteroatoms. The van der Waals surface area contributed by atoms with E-state index in [-0.39, 0.29) is 5.92 Å². The fourth-order valence-corrected chi connectivity index (χ4v) is 3.41. The highest BCUT2D eigenvalue weighted by molar-refractivity contribution is 5.79. The average molecular weight is 444 g/mol. The Hall–Kier alpha value is -2.61. The lowest BCUT2D eigenvalue weighted by atomic mass is 10.1. The van der Waals surface area contributed by atoms with Gasteiger partial charge in [-0.1, -0.05) is 31.1 Å². The molecule has 2 aromatic rings. The first-order valence-corrected chi connectivity index (χ1v) is 11.7. The molecule has 2 N–H and O–H groups in total. The smallest absolute Gasteiger partial charge is 0.226 e. The van der Waals surface area contributed by atoms with Gasteiger partial charge in [0.25, 0.3) is 0 Å². The Morgan fingerprint density at radius 2 is 2.19 bits per heavy atom. The lowest BCUT2D eigenvalue weighted by molar-refractivity contribution is 0.166. The first-order valence-electron chi connectivity index (χ1n) is 11.7. The highest BCUT2D eigenvalue weighted by atomic mass is 16.5. The fourth-order valence-electron chi connectivity index (χ4n) is 3.41. The highest BCUT2D eigenvalue weighted by Gasteiger charge is 2.17. The van der Waals surface area contributed by atoms with Crippen LogP contribution in [0.4, 0.5) is 0 Å². The number of aryl methyl sites for hydroxylation is 2. The Morgan fingerprint density at radius 1 is 1.31 bits per heavy atom. The molecule has 0 bridgehead atoms. The van der Waals surface area contributed by atoms with Crippen LogP contribution in [0.25, 0.3) is 0 Å². The van der Waals surface area contributed by atoms with Crippen LogP contribution in [0.15, 0.2) is 27.7 Å². The molecule has 1 unspecified atom stereocenters. The van der Waals surface area contributed by atoms with Gasteiger partial charge in [-0.15, -0.1) is 0 Å². The molecular weight excluding hydrogens is 406 g/mol. The van der Waals surface area contributed by atoms with Crippen LogP contribution in [-0.4, -0.2) is 49.0 Å². The second-order valence-corrected chi connectivity index (χ2v) is 8.58. The van der Waals surface area contributed by atoms with Crippen molar-refractivity contribution in [3.05, 3.63) is 41.0 Å². The molecule has 1 aromatic heterocycles. The molecule has 0 saturated carbocycles. The summed E-state index contributed by atoms with van der Waals surface area (Å²) in [5.41, 5.74) is 2.26. The third-order valence-electron chi connectivity index (χ3n) is 5.33. The zero-order chi connectivity index (χ0) is 22.8. The van der Waals surface area contributed by atoms with E-state index in [1.807, 2.05) is 0 Å². The van der Waals surface area contributed by atoms with E-state index in [4.69, 9.17) is 19.0 Å². The van der Waals surface area contributed by atoms with Crippen molar-refractivity contribution in [3.63, 3.8) is 0 Å². The predicted molar refractivity (Wildman–Crippen MR) is 125 cm³/mol. The number of aromatic nitrogens is 2. The summed E-state index contributed by atoms with van der Waals surface area (Å²) < 4.78 is 16.9. The maximum Gasteiger partial charge on any atom is 0.226 e. The topological polar surface area (TPSA) is 93.8 Å². The first kappa shape index (κ1) is 24.0. The summed E-state index contributed by atoms with van der Waals surface area (Å²) in [7, 11) is 0. The van der Waals surface area contributed by atoms with Crippen LogP contribution < -0.4 is 15.4 Å². The van der Waals surface area contributed by atoms with Gasteiger partial charge in [0, 0.05) is 43.5 Å². The molecule has 8 nitrogen and oxygen atoms in total. The molecule has 0 amide bonds. The van der Waals surface area contributed by atoms with Crippen molar-refractivity contribution >= 4 is 5.96 Å². The number of guanidine groups is 1. The largest absolute Gasteiger partial charge is 0.493 e. The molecule has 0 spiro atoms. The average Bonchev–Trinajstić information content (AvgIpc) is 3.46. The molecule has 32 heavy (non-hydrogen) atoms. The summed E-state index contributed by atoms with van der Waals surface area (Å²) in [6, 6.07) is 6.30.